The Morgan fingerprint density at radius 2 is 1.20 bits per heavy atom. The van der Waals surface area contributed by atoms with Gasteiger partial charge < -0.3 is 18.0 Å². The quantitative estimate of drug-likeness (QED) is 0.0742. The number of furan rings is 2. The van der Waals surface area contributed by atoms with Crippen molar-refractivity contribution in [2.45, 2.75) is 20.4 Å². The summed E-state index contributed by atoms with van der Waals surface area (Å²) in [6.07, 6.45) is 9.31. The summed E-state index contributed by atoms with van der Waals surface area (Å²) < 4.78 is 74.6. The third-order valence-corrected chi connectivity index (χ3v) is 7.42. The molecule has 256 valence electrons. The monoisotopic (exact) mass is 817 g/mol. The zero-order valence-corrected chi connectivity index (χ0v) is 30.0. The minimum absolute atomic E-state index is 0. The molecule has 0 atom stereocenters. The maximum Gasteiger partial charge on any atom is 0.534 e. The van der Waals surface area contributed by atoms with Crippen LogP contribution in [0.4, 0.5) is 13.2 Å². The summed E-state index contributed by atoms with van der Waals surface area (Å²) in [5, 5.41) is 3.07. The van der Waals surface area contributed by atoms with Crippen molar-refractivity contribution in [3.63, 3.8) is 0 Å². The summed E-state index contributed by atoms with van der Waals surface area (Å²) in [4.78, 5) is 16.2. The number of halogens is 4. The van der Waals surface area contributed by atoms with Gasteiger partial charge in [0.1, 0.15) is 5.58 Å². The second-order valence-corrected chi connectivity index (χ2v) is 10.9. The molecule has 0 bridgehead atoms. The van der Waals surface area contributed by atoms with Gasteiger partial charge in [0.25, 0.3) is 0 Å². The summed E-state index contributed by atoms with van der Waals surface area (Å²) in [5.74, 6) is -0.539. The van der Waals surface area contributed by atoms with Crippen LogP contribution in [-0.4, -0.2) is 33.9 Å². The van der Waals surface area contributed by atoms with Gasteiger partial charge in [-0.2, -0.15) is 39.8 Å². The van der Waals surface area contributed by atoms with Crippen molar-refractivity contribution in [3.8, 4) is 17.0 Å². The number of fused-ring (bicyclic) bond motifs is 6. The van der Waals surface area contributed by atoms with Gasteiger partial charge in [0.2, 0.25) is 11.4 Å². The van der Waals surface area contributed by atoms with Crippen LogP contribution in [0, 0.1) is 6.20 Å². The Kier molecular flexibility index (Phi) is 14.8. The SMILES string of the molecule is Br.C.C.O=S(=O)(Oc1cccc2c1oc1ncccc12)C(F)(F)F.[Zn].[c-]1ccccn1.c1ccc(-c2cccc3c2oc2ncccc23)nc1. The Morgan fingerprint density at radius 1 is 0.640 bits per heavy atom. The van der Waals surface area contributed by atoms with Gasteiger partial charge in [0.15, 0.2) is 11.3 Å². The van der Waals surface area contributed by atoms with Crippen molar-refractivity contribution in [1.82, 2.24) is 19.9 Å². The van der Waals surface area contributed by atoms with Crippen LogP contribution in [0.1, 0.15) is 14.9 Å². The number of rotatable bonds is 3. The molecule has 0 spiro atoms. The van der Waals surface area contributed by atoms with Crippen molar-refractivity contribution in [1.29, 1.82) is 0 Å². The molecule has 50 heavy (non-hydrogen) atoms. The standard InChI is InChI=1S/C16H10N2O.C12H6F3NO4S.C5H4N.2CH4.BrH.Zn/c1-2-9-17-14(8-1)13-6-3-5-11-12-7-4-10-18-16(12)19-15(11)13;13-12(14,15)21(17,18)20-9-5-1-3-7-8-4-2-6-16-11(8)19-10(7)9;1-2-4-6-5-3-1;;;;/h1-10H;1-6H;1-4H;2*1H4;1H;/q;;-1;;;;. The Morgan fingerprint density at radius 3 is 1.72 bits per heavy atom. The molecule has 6 aromatic heterocycles. The first-order valence-corrected chi connectivity index (χ1v) is 14.9. The number of aromatic nitrogens is 4. The van der Waals surface area contributed by atoms with Crippen LogP contribution in [-0.2, 0) is 29.6 Å². The largest absolute Gasteiger partial charge is 0.534 e. The number of nitrogens with zero attached hydrogens (tertiary/aromatic N) is 4. The number of alkyl halides is 3. The van der Waals surface area contributed by atoms with E-state index in [-0.39, 0.29) is 62.6 Å². The van der Waals surface area contributed by atoms with E-state index in [9.17, 15) is 21.6 Å². The second kappa shape index (κ2) is 17.8. The molecule has 8 rings (SSSR count). The van der Waals surface area contributed by atoms with Gasteiger partial charge >= 0.3 is 15.6 Å². The normalized spacial score (nSPS) is 10.6. The molecule has 0 aliphatic carbocycles. The third kappa shape index (κ3) is 8.89. The number of pyridine rings is 4. The van der Waals surface area contributed by atoms with Crippen molar-refractivity contribution in [3.05, 3.63) is 128 Å². The third-order valence-electron chi connectivity index (χ3n) is 6.45. The number of para-hydroxylation sites is 2. The van der Waals surface area contributed by atoms with Gasteiger partial charge in [-0.3, -0.25) is 4.98 Å². The van der Waals surface area contributed by atoms with Gasteiger partial charge in [0, 0.05) is 65.2 Å². The predicted molar refractivity (Wildman–Crippen MR) is 189 cm³/mol. The molecule has 2 aromatic carbocycles. The molecule has 0 saturated heterocycles. The minimum atomic E-state index is -5.76. The summed E-state index contributed by atoms with van der Waals surface area (Å²) in [7, 11) is -5.76. The first-order chi connectivity index (χ1) is 22.2. The van der Waals surface area contributed by atoms with Crippen molar-refractivity contribution in [2.75, 3.05) is 0 Å². The molecular weight excluding hydrogens is 791 g/mol. The van der Waals surface area contributed by atoms with Crippen molar-refractivity contribution < 1.29 is 54.1 Å². The Balaban J connectivity index is 0.000000279. The van der Waals surface area contributed by atoms with E-state index in [4.69, 9.17) is 8.83 Å². The fourth-order valence-electron chi connectivity index (χ4n) is 4.47. The maximum atomic E-state index is 12.4. The molecule has 0 aliphatic heterocycles. The summed E-state index contributed by atoms with van der Waals surface area (Å²) in [6, 6.07) is 28.7. The van der Waals surface area contributed by atoms with Gasteiger partial charge in [-0.25, -0.2) is 9.97 Å². The topological polar surface area (TPSA) is 121 Å². The minimum Gasteiger partial charge on any atom is -0.437 e. The molecule has 0 aliphatic rings. The van der Waals surface area contributed by atoms with E-state index >= 15 is 0 Å². The Bertz CT molecular complexity index is 2350. The average molecular weight is 820 g/mol. The van der Waals surface area contributed by atoms with Crippen LogP contribution >= 0.6 is 17.0 Å². The van der Waals surface area contributed by atoms with Gasteiger partial charge in [-0.1, -0.05) is 57.6 Å². The summed E-state index contributed by atoms with van der Waals surface area (Å²) in [5.41, 5.74) is -2.04. The molecule has 0 fully saturated rings. The Labute approximate surface area is 309 Å². The van der Waals surface area contributed by atoms with E-state index in [2.05, 4.69) is 36.4 Å². The zero-order chi connectivity index (χ0) is 32.1. The number of benzene rings is 2. The fourth-order valence-corrected chi connectivity index (χ4v) is 4.93. The summed E-state index contributed by atoms with van der Waals surface area (Å²) >= 11 is 0. The van der Waals surface area contributed by atoms with Crippen molar-refractivity contribution >= 4 is 71.2 Å². The van der Waals surface area contributed by atoms with Crippen LogP contribution in [0.3, 0.4) is 0 Å². The van der Waals surface area contributed by atoms with Gasteiger partial charge in [0.05, 0.1) is 5.69 Å². The van der Waals surface area contributed by atoms with Crippen LogP contribution in [0.15, 0.2) is 131 Å². The van der Waals surface area contributed by atoms with E-state index in [1.54, 1.807) is 42.9 Å². The van der Waals surface area contributed by atoms with Crippen LogP contribution in [0.2, 0.25) is 0 Å². The zero-order valence-electron chi connectivity index (χ0n) is 24.5. The van der Waals surface area contributed by atoms with E-state index in [1.807, 2.05) is 54.6 Å². The number of hydrogen-bond acceptors (Lipinski definition) is 9. The van der Waals surface area contributed by atoms with E-state index < -0.39 is 21.4 Å². The molecule has 9 nitrogen and oxygen atoms in total. The molecule has 0 N–H and O–H groups in total. The van der Waals surface area contributed by atoms with E-state index in [0.29, 0.717) is 16.5 Å². The van der Waals surface area contributed by atoms with Crippen LogP contribution < -0.4 is 4.18 Å². The Hall–Kier alpha value is -4.72. The fraction of sp³-hybridized carbons (Fsp3) is 0.0857. The van der Waals surface area contributed by atoms with E-state index in [1.165, 1.54) is 12.3 Å². The predicted octanol–water partition coefficient (Wildman–Crippen LogP) is 9.98. The molecule has 15 heteroatoms. The molecule has 0 unspecified atom stereocenters. The first-order valence-electron chi connectivity index (χ1n) is 13.4. The molecular formula is C35H29BrF3N4O5SZn-. The van der Waals surface area contributed by atoms with Crippen molar-refractivity contribution in [2.24, 2.45) is 0 Å². The van der Waals surface area contributed by atoms with Gasteiger partial charge in [-0.05, 0) is 48.5 Å². The molecule has 8 aromatic rings. The molecule has 0 radical (unpaired) electrons. The van der Waals surface area contributed by atoms with E-state index in [0.717, 1.165) is 33.7 Å². The maximum absolute atomic E-state index is 12.4. The average Bonchev–Trinajstić information content (AvgIpc) is 3.65. The smallest absolute Gasteiger partial charge is 0.437 e. The summed E-state index contributed by atoms with van der Waals surface area (Å²) in [6.45, 7) is 0. The van der Waals surface area contributed by atoms with Crippen LogP contribution in [0.5, 0.6) is 5.75 Å². The number of hydrogen-bond donors (Lipinski definition) is 0. The van der Waals surface area contributed by atoms with Gasteiger partial charge in [-0.15, -0.1) is 17.0 Å². The second-order valence-electron chi connectivity index (χ2n) is 9.39. The first kappa shape index (κ1) is 41.5. The molecule has 0 saturated carbocycles. The molecule has 0 amide bonds. The van der Waals surface area contributed by atoms with Crippen LogP contribution in [0.25, 0.3) is 55.4 Å². The molecule has 6 heterocycles.